The number of carbonyl (C=O) groups excluding carboxylic acids is 1. The summed E-state index contributed by atoms with van der Waals surface area (Å²) in [5.41, 5.74) is 0.765. The van der Waals surface area contributed by atoms with Crippen LogP contribution in [0.15, 0.2) is 46.1 Å². The topological polar surface area (TPSA) is 58.1 Å². The Morgan fingerprint density at radius 1 is 1.32 bits per heavy atom. The smallest absolute Gasteiger partial charge is 0.235 e. The highest BCUT2D eigenvalue weighted by Crippen LogP contribution is 2.29. The molecule has 3 aromatic rings. The first-order valence-electron chi connectivity index (χ1n) is 8.77. The van der Waals surface area contributed by atoms with Crippen molar-refractivity contribution in [3.05, 3.63) is 58.0 Å². The Morgan fingerprint density at radius 2 is 2.18 bits per heavy atom. The second-order valence-electron chi connectivity index (χ2n) is 6.21. The minimum Gasteiger partial charge on any atom is -0.360 e. The summed E-state index contributed by atoms with van der Waals surface area (Å²) in [6, 6.07) is 10.5. The third kappa shape index (κ3) is 6.02. The van der Waals surface area contributed by atoms with Gasteiger partial charge in [0.15, 0.2) is 4.34 Å². The molecule has 0 aliphatic rings. The number of nitrogens with one attached hydrogen (secondary N) is 1. The molecule has 0 saturated carbocycles. The van der Waals surface area contributed by atoms with Crippen molar-refractivity contribution in [2.24, 2.45) is 0 Å². The average Bonchev–Trinajstić information content (AvgIpc) is 3.33. The second kappa shape index (κ2) is 9.99. The summed E-state index contributed by atoms with van der Waals surface area (Å²) in [6.45, 7) is 3.01. The third-order valence-electron chi connectivity index (χ3n) is 3.94. The molecule has 0 saturated heterocycles. The van der Waals surface area contributed by atoms with Crippen LogP contribution in [-0.4, -0.2) is 39.8 Å². The number of anilines is 1. The number of thioether (sulfide) groups is 1. The molecule has 1 unspecified atom stereocenters. The summed E-state index contributed by atoms with van der Waals surface area (Å²) in [7, 11) is 1.72. The summed E-state index contributed by atoms with van der Waals surface area (Å²) in [5.74, 6) is -0.328. The first-order chi connectivity index (χ1) is 13.5. The summed E-state index contributed by atoms with van der Waals surface area (Å²) in [4.78, 5) is 15.5. The molecule has 28 heavy (non-hydrogen) atoms. The molecule has 0 bridgehead atoms. The fraction of sp³-hybridized carbons (Fsp3) is 0.316. The molecule has 9 heteroatoms. The SMILES string of the molecule is CC(Sc1nnc(NCCc2cccs2)s1)C(=O)N(C)Cc1cccc(F)c1. The van der Waals surface area contributed by atoms with Gasteiger partial charge in [0, 0.05) is 25.0 Å². The van der Waals surface area contributed by atoms with E-state index in [-0.39, 0.29) is 17.0 Å². The van der Waals surface area contributed by atoms with Gasteiger partial charge in [-0.15, -0.1) is 21.5 Å². The van der Waals surface area contributed by atoms with Crippen molar-refractivity contribution in [3.8, 4) is 0 Å². The summed E-state index contributed by atoms with van der Waals surface area (Å²) >= 11 is 4.57. The average molecular weight is 437 g/mol. The lowest BCUT2D eigenvalue weighted by Gasteiger charge is -2.20. The van der Waals surface area contributed by atoms with Gasteiger partial charge in [0.1, 0.15) is 5.82 Å². The molecule has 1 aromatic carbocycles. The van der Waals surface area contributed by atoms with Gasteiger partial charge in [-0.05, 0) is 42.5 Å². The molecule has 5 nitrogen and oxygen atoms in total. The Balaban J connectivity index is 1.47. The normalized spacial score (nSPS) is 12.0. The zero-order valence-electron chi connectivity index (χ0n) is 15.6. The van der Waals surface area contributed by atoms with Crippen molar-refractivity contribution >= 4 is 45.5 Å². The van der Waals surface area contributed by atoms with Gasteiger partial charge in [-0.3, -0.25) is 4.79 Å². The summed E-state index contributed by atoms with van der Waals surface area (Å²) in [5, 5.41) is 14.1. The van der Waals surface area contributed by atoms with Gasteiger partial charge in [-0.1, -0.05) is 41.3 Å². The molecule has 0 aliphatic heterocycles. The highest BCUT2D eigenvalue weighted by atomic mass is 32.2. The largest absolute Gasteiger partial charge is 0.360 e. The number of thiophene rings is 1. The molecule has 0 fully saturated rings. The predicted molar refractivity (Wildman–Crippen MR) is 115 cm³/mol. The lowest BCUT2D eigenvalue weighted by Crippen LogP contribution is -2.32. The van der Waals surface area contributed by atoms with Gasteiger partial charge < -0.3 is 10.2 Å². The molecule has 3 rings (SSSR count). The van der Waals surface area contributed by atoms with E-state index in [2.05, 4.69) is 27.0 Å². The van der Waals surface area contributed by atoms with Gasteiger partial charge >= 0.3 is 0 Å². The Bertz CT molecular complexity index is 900. The zero-order chi connectivity index (χ0) is 19.9. The molecular formula is C19H21FN4OS3. The monoisotopic (exact) mass is 436 g/mol. The van der Waals surface area contributed by atoms with Crippen LogP contribution in [0.5, 0.6) is 0 Å². The fourth-order valence-electron chi connectivity index (χ4n) is 2.58. The number of carbonyl (C=O) groups is 1. The highest BCUT2D eigenvalue weighted by molar-refractivity contribution is 8.02. The van der Waals surface area contributed by atoms with Gasteiger partial charge in [-0.25, -0.2) is 4.39 Å². The Labute approximate surface area is 176 Å². The van der Waals surface area contributed by atoms with Crippen molar-refractivity contribution in [1.82, 2.24) is 15.1 Å². The fourth-order valence-corrected chi connectivity index (χ4v) is 5.32. The second-order valence-corrected chi connectivity index (χ2v) is 9.81. The number of hydrogen-bond acceptors (Lipinski definition) is 7. The predicted octanol–water partition coefficient (Wildman–Crippen LogP) is 4.53. The molecule has 1 atom stereocenters. The molecular weight excluding hydrogens is 415 g/mol. The Hall–Kier alpha value is -1.97. The Kier molecular flexibility index (Phi) is 7.41. The first kappa shape index (κ1) is 20.8. The lowest BCUT2D eigenvalue weighted by atomic mass is 10.2. The standard InChI is InChI=1S/C19H21FN4OS3/c1-13(17(25)24(2)12-14-5-3-6-15(20)11-14)27-19-23-22-18(28-19)21-9-8-16-7-4-10-26-16/h3-7,10-11,13H,8-9,12H2,1-2H3,(H,21,22). The van der Waals surface area contributed by atoms with Crippen molar-refractivity contribution in [2.45, 2.75) is 29.5 Å². The third-order valence-corrected chi connectivity index (χ3v) is 6.93. The van der Waals surface area contributed by atoms with Crippen LogP contribution in [0, 0.1) is 5.82 Å². The number of hydrogen-bond donors (Lipinski definition) is 1. The van der Waals surface area contributed by atoms with Gasteiger partial charge in [0.2, 0.25) is 11.0 Å². The van der Waals surface area contributed by atoms with Gasteiger partial charge in [-0.2, -0.15) is 0 Å². The molecule has 2 aromatic heterocycles. The van der Waals surface area contributed by atoms with Crippen LogP contribution in [0.25, 0.3) is 0 Å². The van der Waals surface area contributed by atoms with Crippen LogP contribution < -0.4 is 5.32 Å². The number of amides is 1. The number of halogens is 1. The van der Waals surface area contributed by atoms with Crippen LogP contribution in [0.1, 0.15) is 17.4 Å². The van der Waals surface area contributed by atoms with E-state index in [0.29, 0.717) is 6.54 Å². The van der Waals surface area contributed by atoms with E-state index < -0.39 is 0 Å². The van der Waals surface area contributed by atoms with Gasteiger partial charge in [0.25, 0.3) is 0 Å². The van der Waals surface area contributed by atoms with Crippen LogP contribution in [-0.2, 0) is 17.8 Å². The molecule has 0 radical (unpaired) electrons. The van der Waals surface area contributed by atoms with E-state index in [1.807, 2.05) is 19.1 Å². The lowest BCUT2D eigenvalue weighted by molar-refractivity contribution is -0.129. The van der Waals surface area contributed by atoms with E-state index >= 15 is 0 Å². The maximum Gasteiger partial charge on any atom is 0.235 e. The maximum absolute atomic E-state index is 13.3. The maximum atomic E-state index is 13.3. The minimum atomic E-state index is -0.300. The van der Waals surface area contributed by atoms with Crippen LogP contribution in [0.2, 0.25) is 0 Å². The molecule has 2 heterocycles. The molecule has 1 amide bonds. The van der Waals surface area contributed by atoms with Crippen LogP contribution in [0.4, 0.5) is 9.52 Å². The molecule has 1 N–H and O–H groups in total. The van der Waals surface area contributed by atoms with E-state index in [1.54, 1.807) is 29.4 Å². The molecule has 0 aliphatic carbocycles. The van der Waals surface area contributed by atoms with Crippen LogP contribution >= 0.6 is 34.4 Å². The zero-order valence-corrected chi connectivity index (χ0v) is 18.0. The minimum absolute atomic E-state index is 0.0309. The van der Waals surface area contributed by atoms with Crippen molar-refractivity contribution in [3.63, 3.8) is 0 Å². The quantitative estimate of drug-likeness (QED) is 0.499. The molecule has 0 spiro atoms. The first-order valence-corrected chi connectivity index (χ1v) is 11.3. The molecule has 148 valence electrons. The van der Waals surface area contributed by atoms with Crippen molar-refractivity contribution in [2.75, 3.05) is 18.9 Å². The van der Waals surface area contributed by atoms with E-state index in [0.717, 1.165) is 28.0 Å². The Morgan fingerprint density at radius 3 is 2.93 bits per heavy atom. The number of nitrogens with zero attached hydrogens (tertiary/aromatic N) is 3. The highest BCUT2D eigenvalue weighted by Gasteiger charge is 2.21. The van der Waals surface area contributed by atoms with Crippen LogP contribution in [0.3, 0.4) is 0 Å². The summed E-state index contributed by atoms with van der Waals surface area (Å²) < 4.78 is 14.1. The number of benzene rings is 1. The number of rotatable bonds is 9. The number of aromatic nitrogens is 2. The van der Waals surface area contributed by atoms with E-state index in [1.165, 1.54) is 40.1 Å². The van der Waals surface area contributed by atoms with E-state index in [9.17, 15) is 9.18 Å². The van der Waals surface area contributed by atoms with E-state index in [4.69, 9.17) is 0 Å². The van der Waals surface area contributed by atoms with Crippen molar-refractivity contribution in [1.29, 1.82) is 0 Å². The van der Waals surface area contributed by atoms with Crippen molar-refractivity contribution < 1.29 is 9.18 Å². The summed E-state index contributed by atoms with van der Waals surface area (Å²) in [6.07, 6.45) is 0.944. The van der Waals surface area contributed by atoms with Gasteiger partial charge in [0.05, 0.1) is 5.25 Å².